The summed E-state index contributed by atoms with van der Waals surface area (Å²) in [5.41, 5.74) is 0.851. The van der Waals surface area contributed by atoms with Gasteiger partial charge in [0.05, 0.1) is 12.6 Å². The smallest absolute Gasteiger partial charge is 0.234 e. The molecule has 2 aliphatic rings. The maximum absolute atomic E-state index is 11.8. The standard InChI is InChI=1S/C17H24ClN3O2/c18-14-3-1-2-13(10-14)16(22)11-20-6-8-21(9-7-20)12-17(23)19-15-4-5-15/h1-3,10,15-16,22H,4-9,11-12H2,(H,19,23). The van der Waals surface area contributed by atoms with Gasteiger partial charge in [-0.15, -0.1) is 0 Å². The van der Waals surface area contributed by atoms with Crippen LogP contribution >= 0.6 is 11.6 Å². The van der Waals surface area contributed by atoms with E-state index in [2.05, 4.69) is 15.1 Å². The van der Waals surface area contributed by atoms with Gasteiger partial charge in [0.15, 0.2) is 0 Å². The second kappa shape index (κ2) is 7.62. The number of carbonyl (C=O) groups excluding carboxylic acids is 1. The summed E-state index contributed by atoms with van der Waals surface area (Å²) in [7, 11) is 0. The van der Waals surface area contributed by atoms with Crippen molar-refractivity contribution in [1.29, 1.82) is 0 Å². The zero-order valence-corrected chi connectivity index (χ0v) is 14.0. The zero-order valence-electron chi connectivity index (χ0n) is 13.2. The number of nitrogens with zero attached hydrogens (tertiary/aromatic N) is 2. The van der Waals surface area contributed by atoms with Crippen LogP contribution in [-0.4, -0.2) is 66.1 Å². The van der Waals surface area contributed by atoms with Gasteiger partial charge in [0.25, 0.3) is 0 Å². The Balaban J connectivity index is 1.40. The molecule has 6 heteroatoms. The van der Waals surface area contributed by atoms with Gasteiger partial charge in [-0.25, -0.2) is 0 Å². The SMILES string of the molecule is O=C(CN1CCN(CC(O)c2cccc(Cl)c2)CC1)NC1CC1. The predicted molar refractivity (Wildman–Crippen MR) is 90.5 cm³/mol. The summed E-state index contributed by atoms with van der Waals surface area (Å²) in [4.78, 5) is 16.2. The number of hydrogen-bond acceptors (Lipinski definition) is 4. The summed E-state index contributed by atoms with van der Waals surface area (Å²) in [6, 6.07) is 7.80. The molecule has 2 fully saturated rings. The third-order valence-electron chi connectivity index (χ3n) is 4.44. The van der Waals surface area contributed by atoms with Gasteiger partial charge in [0.2, 0.25) is 5.91 Å². The maximum Gasteiger partial charge on any atom is 0.234 e. The molecule has 1 saturated carbocycles. The monoisotopic (exact) mass is 337 g/mol. The van der Waals surface area contributed by atoms with Crippen molar-refractivity contribution in [2.75, 3.05) is 39.3 Å². The van der Waals surface area contributed by atoms with Gasteiger partial charge in [-0.3, -0.25) is 14.6 Å². The number of carbonyl (C=O) groups is 1. The van der Waals surface area contributed by atoms with E-state index in [4.69, 9.17) is 11.6 Å². The number of rotatable bonds is 6. The highest BCUT2D eigenvalue weighted by Crippen LogP contribution is 2.20. The van der Waals surface area contributed by atoms with Crippen molar-refractivity contribution in [3.8, 4) is 0 Å². The van der Waals surface area contributed by atoms with Crippen LogP contribution in [0.2, 0.25) is 5.02 Å². The fraction of sp³-hybridized carbons (Fsp3) is 0.588. The molecule has 0 aromatic heterocycles. The molecule has 1 heterocycles. The van der Waals surface area contributed by atoms with Crippen LogP contribution in [0.4, 0.5) is 0 Å². The van der Waals surface area contributed by atoms with E-state index in [0.717, 1.165) is 44.6 Å². The number of aliphatic hydroxyl groups excluding tert-OH is 1. The third kappa shape index (κ3) is 5.18. The Hall–Kier alpha value is -1.14. The molecule has 1 aliphatic heterocycles. The lowest BCUT2D eigenvalue weighted by atomic mass is 10.1. The Labute approximate surface area is 142 Å². The largest absolute Gasteiger partial charge is 0.387 e. The summed E-state index contributed by atoms with van der Waals surface area (Å²) < 4.78 is 0. The lowest BCUT2D eigenvalue weighted by Gasteiger charge is -2.35. The molecule has 1 aromatic rings. The lowest BCUT2D eigenvalue weighted by molar-refractivity contribution is -0.122. The molecule has 1 saturated heterocycles. The normalized spacial score (nSPS) is 21.1. The Kier molecular flexibility index (Phi) is 5.54. The van der Waals surface area contributed by atoms with Crippen molar-refractivity contribution in [2.45, 2.75) is 25.0 Å². The van der Waals surface area contributed by atoms with E-state index in [1.165, 1.54) is 0 Å². The first-order valence-corrected chi connectivity index (χ1v) is 8.65. The Morgan fingerprint density at radius 3 is 2.61 bits per heavy atom. The Morgan fingerprint density at radius 2 is 1.96 bits per heavy atom. The molecule has 0 bridgehead atoms. The van der Waals surface area contributed by atoms with Crippen LogP contribution in [-0.2, 0) is 4.79 Å². The number of amides is 1. The van der Waals surface area contributed by atoms with Gasteiger partial charge in [-0.1, -0.05) is 23.7 Å². The molecular weight excluding hydrogens is 314 g/mol. The van der Waals surface area contributed by atoms with Crippen LogP contribution in [0.15, 0.2) is 24.3 Å². The fourth-order valence-electron chi connectivity index (χ4n) is 2.90. The molecule has 1 amide bonds. The van der Waals surface area contributed by atoms with Crippen molar-refractivity contribution in [2.24, 2.45) is 0 Å². The second-order valence-electron chi connectivity index (χ2n) is 6.49. The minimum Gasteiger partial charge on any atom is -0.387 e. The molecule has 126 valence electrons. The number of nitrogens with one attached hydrogen (secondary N) is 1. The molecule has 2 N–H and O–H groups in total. The topological polar surface area (TPSA) is 55.8 Å². The molecule has 1 unspecified atom stereocenters. The molecule has 0 radical (unpaired) electrons. The maximum atomic E-state index is 11.8. The highest BCUT2D eigenvalue weighted by molar-refractivity contribution is 6.30. The number of piperazine rings is 1. The van der Waals surface area contributed by atoms with E-state index >= 15 is 0 Å². The van der Waals surface area contributed by atoms with Crippen molar-refractivity contribution in [3.63, 3.8) is 0 Å². The number of β-amino-alcohol motifs (C(OH)–C–C–N with tert-alkyl or cyclic N) is 1. The molecule has 1 atom stereocenters. The highest BCUT2D eigenvalue weighted by atomic mass is 35.5. The molecule has 3 rings (SSSR count). The quantitative estimate of drug-likeness (QED) is 0.821. The fourth-order valence-corrected chi connectivity index (χ4v) is 3.10. The van der Waals surface area contributed by atoms with E-state index < -0.39 is 6.10 Å². The minimum absolute atomic E-state index is 0.139. The summed E-state index contributed by atoms with van der Waals surface area (Å²) in [5, 5.41) is 14.0. The average Bonchev–Trinajstić information content (AvgIpc) is 3.33. The Bertz CT molecular complexity index is 542. The van der Waals surface area contributed by atoms with E-state index in [9.17, 15) is 9.90 Å². The van der Waals surface area contributed by atoms with Gasteiger partial charge in [0, 0.05) is 43.8 Å². The van der Waals surface area contributed by atoms with Crippen molar-refractivity contribution in [1.82, 2.24) is 15.1 Å². The van der Waals surface area contributed by atoms with Gasteiger partial charge in [-0.05, 0) is 30.5 Å². The third-order valence-corrected chi connectivity index (χ3v) is 4.67. The first kappa shape index (κ1) is 16.7. The van der Waals surface area contributed by atoms with E-state index in [0.29, 0.717) is 24.2 Å². The number of benzene rings is 1. The van der Waals surface area contributed by atoms with E-state index in [1.807, 2.05) is 24.3 Å². The summed E-state index contributed by atoms with van der Waals surface area (Å²) in [6.07, 6.45) is 1.72. The molecular formula is C17H24ClN3O2. The molecule has 23 heavy (non-hydrogen) atoms. The molecule has 1 aliphatic carbocycles. The predicted octanol–water partition coefficient (Wildman–Crippen LogP) is 1.27. The van der Waals surface area contributed by atoms with Crippen LogP contribution in [0.1, 0.15) is 24.5 Å². The Morgan fingerprint density at radius 1 is 1.26 bits per heavy atom. The van der Waals surface area contributed by atoms with Crippen LogP contribution < -0.4 is 5.32 Å². The van der Waals surface area contributed by atoms with Gasteiger partial charge < -0.3 is 10.4 Å². The molecule has 0 spiro atoms. The first-order valence-electron chi connectivity index (χ1n) is 8.28. The van der Waals surface area contributed by atoms with Crippen LogP contribution in [0.25, 0.3) is 0 Å². The van der Waals surface area contributed by atoms with Crippen molar-refractivity contribution < 1.29 is 9.90 Å². The highest BCUT2D eigenvalue weighted by Gasteiger charge is 2.25. The van der Waals surface area contributed by atoms with E-state index in [-0.39, 0.29) is 5.91 Å². The average molecular weight is 338 g/mol. The first-order chi connectivity index (χ1) is 11.1. The van der Waals surface area contributed by atoms with E-state index in [1.54, 1.807) is 0 Å². The zero-order chi connectivity index (χ0) is 16.2. The van der Waals surface area contributed by atoms with Crippen molar-refractivity contribution in [3.05, 3.63) is 34.9 Å². The summed E-state index contributed by atoms with van der Waals surface area (Å²) in [6.45, 7) is 4.55. The number of aliphatic hydroxyl groups is 1. The number of halogens is 1. The van der Waals surface area contributed by atoms with Crippen molar-refractivity contribution >= 4 is 17.5 Å². The lowest BCUT2D eigenvalue weighted by Crippen LogP contribution is -2.50. The van der Waals surface area contributed by atoms with Gasteiger partial charge in [0.1, 0.15) is 0 Å². The number of hydrogen-bond donors (Lipinski definition) is 2. The van der Waals surface area contributed by atoms with Gasteiger partial charge in [-0.2, -0.15) is 0 Å². The minimum atomic E-state index is -0.529. The van der Waals surface area contributed by atoms with Crippen LogP contribution in [0, 0.1) is 0 Å². The summed E-state index contributed by atoms with van der Waals surface area (Å²) >= 11 is 5.97. The van der Waals surface area contributed by atoms with Crippen LogP contribution in [0.5, 0.6) is 0 Å². The van der Waals surface area contributed by atoms with Gasteiger partial charge >= 0.3 is 0 Å². The van der Waals surface area contributed by atoms with Crippen LogP contribution in [0.3, 0.4) is 0 Å². The molecule has 5 nitrogen and oxygen atoms in total. The summed E-state index contributed by atoms with van der Waals surface area (Å²) in [5.74, 6) is 0.139. The molecule has 1 aromatic carbocycles. The second-order valence-corrected chi connectivity index (χ2v) is 6.93.